The molecular formula is C35H57N3OSi2. The van der Waals surface area contributed by atoms with Crippen molar-refractivity contribution in [3.63, 3.8) is 0 Å². The normalized spacial score (nSPS) is 17.3. The third kappa shape index (κ3) is 6.01. The van der Waals surface area contributed by atoms with Crippen LogP contribution in [0.4, 0.5) is 11.4 Å². The number of ether oxygens (including phenoxy) is 1. The second-order valence-corrected chi connectivity index (χ2v) is 25.7. The molecule has 2 aromatic carbocycles. The number of para-hydroxylation sites is 2. The third-order valence-corrected chi connectivity index (χ3v) is 24.3. The molecule has 226 valence electrons. The molecule has 0 bridgehead atoms. The molecule has 1 aliphatic rings. The van der Waals surface area contributed by atoms with E-state index in [4.69, 9.17) is 14.7 Å². The fourth-order valence-electron chi connectivity index (χ4n) is 8.79. The summed E-state index contributed by atoms with van der Waals surface area (Å²) in [6.45, 7) is 30.4. The Balaban J connectivity index is 2.28. The smallest absolute Gasteiger partial charge is 0.258 e. The van der Waals surface area contributed by atoms with E-state index in [1.54, 1.807) is 0 Å². The van der Waals surface area contributed by atoms with E-state index in [1.165, 1.54) is 10.4 Å². The molecule has 1 saturated heterocycles. The molecule has 6 heteroatoms. The molecule has 0 N–H and O–H groups in total. The Kier molecular flexibility index (Phi) is 10.9. The molecule has 0 unspecified atom stereocenters. The van der Waals surface area contributed by atoms with Gasteiger partial charge in [0.2, 0.25) is 0 Å². The lowest BCUT2D eigenvalue weighted by Gasteiger charge is -2.44. The second kappa shape index (κ2) is 13.4. The zero-order chi connectivity index (χ0) is 30.7. The summed E-state index contributed by atoms with van der Waals surface area (Å²) in [7, 11) is -1.73. The lowest BCUT2D eigenvalue weighted by Crippen LogP contribution is -2.56. The SMILES string of the molecule is CC(C)[Si](c1ccccc1N=C1OCCN(C)C1=Nc1ccccc1[Si](C(C)C)(C(C)C)C(C)C)(C(C)C)C(C)C. The number of likely N-dealkylation sites (N-methyl/N-ethyl adjacent to an activating group) is 1. The van der Waals surface area contributed by atoms with Crippen LogP contribution >= 0.6 is 0 Å². The predicted octanol–water partition coefficient (Wildman–Crippen LogP) is 9.18. The highest BCUT2D eigenvalue weighted by Crippen LogP contribution is 2.44. The number of benzene rings is 2. The highest BCUT2D eigenvalue weighted by atomic mass is 28.3. The number of morpholine rings is 1. The second-order valence-electron chi connectivity index (χ2n) is 14.0. The van der Waals surface area contributed by atoms with Gasteiger partial charge in [-0.25, -0.2) is 9.98 Å². The first-order valence-electron chi connectivity index (χ1n) is 15.9. The lowest BCUT2D eigenvalue weighted by molar-refractivity contribution is 0.252. The summed E-state index contributed by atoms with van der Waals surface area (Å²) < 4.78 is 6.36. The van der Waals surface area contributed by atoms with E-state index >= 15 is 0 Å². The Morgan fingerprint density at radius 2 is 0.951 bits per heavy atom. The van der Waals surface area contributed by atoms with Crippen LogP contribution in [0.25, 0.3) is 0 Å². The van der Waals surface area contributed by atoms with Crippen molar-refractivity contribution in [3.8, 4) is 0 Å². The quantitative estimate of drug-likeness (QED) is 0.258. The molecule has 0 aromatic heterocycles. The van der Waals surface area contributed by atoms with Crippen LogP contribution in [-0.4, -0.2) is 53.0 Å². The maximum Gasteiger partial charge on any atom is 0.258 e. The summed E-state index contributed by atoms with van der Waals surface area (Å²) in [6.07, 6.45) is 0. The maximum absolute atomic E-state index is 6.36. The van der Waals surface area contributed by atoms with Gasteiger partial charge in [-0.2, -0.15) is 0 Å². The van der Waals surface area contributed by atoms with Gasteiger partial charge in [0.1, 0.15) is 6.61 Å². The standard InChI is InChI=1S/C35H57N3OSi2/c1-24(2)40(25(3)4,26(5)6)32-20-16-14-18-30(32)36-34-35(39-23-22-38(34)13)37-31-19-15-17-21-33(31)41(27(7)8,28(9)10)29(11)12/h14-21,24-29H,22-23H2,1-13H3. The summed E-state index contributed by atoms with van der Waals surface area (Å²) in [5, 5.41) is 2.90. The molecule has 0 radical (unpaired) electrons. The Morgan fingerprint density at radius 1 is 0.585 bits per heavy atom. The van der Waals surface area contributed by atoms with Crippen LogP contribution in [0.15, 0.2) is 58.5 Å². The van der Waals surface area contributed by atoms with E-state index in [1.807, 2.05) is 0 Å². The van der Waals surface area contributed by atoms with Crippen molar-refractivity contribution in [3.05, 3.63) is 48.5 Å². The third-order valence-electron chi connectivity index (χ3n) is 10.1. The van der Waals surface area contributed by atoms with Crippen LogP contribution in [0.2, 0.25) is 33.2 Å². The van der Waals surface area contributed by atoms with Gasteiger partial charge in [0, 0.05) is 7.05 Å². The van der Waals surface area contributed by atoms with Crippen LogP contribution < -0.4 is 10.4 Å². The van der Waals surface area contributed by atoms with Gasteiger partial charge in [0.25, 0.3) is 5.90 Å². The molecule has 41 heavy (non-hydrogen) atoms. The molecule has 2 aromatic rings. The summed E-state index contributed by atoms with van der Waals surface area (Å²) in [5.41, 5.74) is 5.73. The van der Waals surface area contributed by atoms with Crippen molar-refractivity contribution in [1.82, 2.24) is 4.90 Å². The van der Waals surface area contributed by atoms with E-state index in [9.17, 15) is 0 Å². The monoisotopic (exact) mass is 591 g/mol. The van der Waals surface area contributed by atoms with E-state index in [0.29, 0.717) is 45.8 Å². The van der Waals surface area contributed by atoms with Gasteiger partial charge in [-0.15, -0.1) is 0 Å². The molecule has 1 heterocycles. The van der Waals surface area contributed by atoms with Crippen molar-refractivity contribution in [1.29, 1.82) is 0 Å². The molecule has 1 fully saturated rings. The van der Waals surface area contributed by atoms with Gasteiger partial charge in [-0.1, -0.05) is 119 Å². The zero-order valence-corrected chi connectivity index (χ0v) is 30.2. The van der Waals surface area contributed by atoms with E-state index < -0.39 is 16.1 Å². The number of aliphatic imine (C=N–C) groups is 2. The molecule has 0 spiro atoms. The minimum absolute atomic E-state index is 0.597. The molecule has 0 amide bonds. The minimum atomic E-state index is -1.93. The first-order chi connectivity index (χ1) is 19.2. The van der Waals surface area contributed by atoms with E-state index in [-0.39, 0.29) is 0 Å². The number of nitrogens with zero attached hydrogens (tertiary/aromatic N) is 3. The van der Waals surface area contributed by atoms with Gasteiger partial charge >= 0.3 is 0 Å². The van der Waals surface area contributed by atoms with Gasteiger partial charge in [0.05, 0.1) is 34.1 Å². The predicted molar refractivity (Wildman–Crippen MR) is 187 cm³/mol. The Hall–Kier alpha value is -2.19. The Bertz CT molecular complexity index is 1190. The fourth-order valence-corrected chi connectivity index (χ4v) is 22.5. The number of hydrogen-bond donors (Lipinski definition) is 0. The van der Waals surface area contributed by atoms with Gasteiger partial charge in [-0.05, 0) is 55.8 Å². The van der Waals surface area contributed by atoms with Crippen molar-refractivity contribution in [2.24, 2.45) is 9.98 Å². The van der Waals surface area contributed by atoms with Crippen LogP contribution in [0.1, 0.15) is 83.1 Å². The van der Waals surface area contributed by atoms with Gasteiger partial charge < -0.3 is 9.64 Å². The molecular weight excluding hydrogens is 535 g/mol. The molecule has 4 nitrogen and oxygen atoms in total. The highest BCUT2D eigenvalue weighted by Gasteiger charge is 2.47. The fraction of sp³-hybridized carbons (Fsp3) is 0.600. The topological polar surface area (TPSA) is 37.2 Å². The first-order valence-corrected chi connectivity index (χ1v) is 20.4. The minimum Gasteiger partial charge on any atom is -0.473 e. The molecule has 0 atom stereocenters. The lowest BCUT2D eigenvalue weighted by atomic mass is 10.3. The first kappa shape index (κ1) is 33.3. The number of amidine groups is 1. The van der Waals surface area contributed by atoms with Crippen molar-refractivity contribution < 1.29 is 4.74 Å². The zero-order valence-electron chi connectivity index (χ0n) is 28.2. The molecule has 3 rings (SSSR count). The van der Waals surface area contributed by atoms with Crippen molar-refractivity contribution in [2.75, 3.05) is 20.2 Å². The molecule has 0 saturated carbocycles. The van der Waals surface area contributed by atoms with Crippen LogP contribution in [0, 0.1) is 0 Å². The van der Waals surface area contributed by atoms with Crippen molar-refractivity contribution >= 4 is 49.6 Å². The van der Waals surface area contributed by atoms with E-state index in [0.717, 1.165) is 23.8 Å². The number of rotatable bonds is 10. The summed E-state index contributed by atoms with van der Waals surface area (Å²) in [6, 6.07) is 17.7. The van der Waals surface area contributed by atoms with Crippen LogP contribution in [-0.2, 0) is 4.74 Å². The summed E-state index contributed by atoms with van der Waals surface area (Å²) in [4.78, 5) is 13.0. The largest absolute Gasteiger partial charge is 0.473 e. The Morgan fingerprint density at radius 3 is 1.34 bits per heavy atom. The van der Waals surface area contributed by atoms with E-state index in [2.05, 4.69) is 144 Å². The average molecular weight is 592 g/mol. The highest BCUT2D eigenvalue weighted by molar-refractivity contribution is 6.96. The molecule has 1 aliphatic heterocycles. The van der Waals surface area contributed by atoms with Gasteiger partial charge in [-0.3, -0.25) is 0 Å². The summed E-state index contributed by atoms with van der Waals surface area (Å²) in [5.74, 6) is 1.48. The maximum atomic E-state index is 6.36. The van der Waals surface area contributed by atoms with Crippen LogP contribution in [0.3, 0.4) is 0 Å². The Labute approximate surface area is 253 Å². The summed E-state index contributed by atoms with van der Waals surface area (Å²) >= 11 is 0. The average Bonchev–Trinajstić information content (AvgIpc) is 2.87. The van der Waals surface area contributed by atoms with Crippen molar-refractivity contribution in [2.45, 2.75) is 116 Å². The molecule has 0 aliphatic carbocycles. The van der Waals surface area contributed by atoms with Crippen LogP contribution in [0.5, 0.6) is 0 Å². The number of hydrogen-bond acceptors (Lipinski definition) is 3. The van der Waals surface area contributed by atoms with Gasteiger partial charge in [0.15, 0.2) is 5.84 Å².